The van der Waals surface area contributed by atoms with E-state index in [1.807, 2.05) is 35.6 Å². The highest BCUT2D eigenvalue weighted by atomic mass is 31.2. The highest BCUT2D eigenvalue weighted by Crippen LogP contribution is 2.29. The van der Waals surface area contributed by atoms with E-state index in [4.69, 9.17) is 0 Å². The first kappa shape index (κ1) is 24.5. The van der Waals surface area contributed by atoms with Crippen LogP contribution in [0.25, 0.3) is 0 Å². The second kappa shape index (κ2) is 12.8. The Bertz CT molecular complexity index is 606. The molecular formula is C17H33N4O4P. The first-order chi connectivity index (χ1) is 12.1. The number of phosphoric ester groups is 1. The van der Waals surface area contributed by atoms with Crippen molar-refractivity contribution in [3.05, 3.63) is 37.4 Å². The maximum absolute atomic E-state index is 10.0. The van der Waals surface area contributed by atoms with Gasteiger partial charge in [0.1, 0.15) is 24.8 Å². The molecule has 150 valence electrons. The van der Waals surface area contributed by atoms with Gasteiger partial charge in [0.05, 0.1) is 41.1 Å². The molecule has 0 saturated carbocycles. The quantitative estimate of drug-likeness (QED) is 0.538. The average Bonchev–Trinajstić information content (AvgIpc) is 3.20. The summed E-state index contributed by atoms with van der Waals surface area (Å²) >= 11 is 0. The van der Waals surface area contributed by atoms with Gasteiger partial charge in [-0.1, -0.05) is 13.8 Å². The number of aryl methyl sites for hydroxylation is 4. The van der Waals surface area contributed by atoms with Gasteiger partial charge in [0.15, 0.2) is 0 Å². The molecule has 0 spiro atoms. The average molecular weight is 388 g/mol. The molecule has 0 N–H and O–H groups in total. The lowest BCUT2D eigenvalue weighted by Crippen LogP contribution is -2.23. The number of rotatable bonds is 6. The molecule has 0 aliphatic heterocycles. The Labute approximate surface area is 156 Å². The molecule has 2 aromatic heterocycles. The summed E-state index contributed by atoms with van der Waals surface area (Å²) in [6.07, 6.45) is 12.9. The molecule has 26 heavy (non-hydrogen) atoms. The van der Waals surface area contributed by atoms with Gasteiger partial charge in [-0.25, -0.2) is 18.3 Å². The third kappa shape index (κ3) is 12.0. The highest BCUT2D eigenvalue weighted by Gasteiger charge is 2.04. The van der Waals surface area contributed by atoms with Crippen LogP contribution in [0.3, 0.4) is 0 Å². The van der Waals surface area contributed by atoms with Crippen molar-refractivity contribution in [2.45, 2.75) is 59.7 Å². The van der Waals surface area contributed by atoms with Gasteiger partial charge < -0.3 is 18.9 Å². The topological polar surface area (TPSA) is 90.0 Å². The van der Waals surface area contributed by atoms with E-state index in [0.717, 1.165) is 13.1 Å². The normalized spacial score (nSPS) is 10.8. The molecule has 0 aromatic carbocycles. The van der Waals surface area contributed by atoms with Crippen LogP contribution in [0.2, 0.25) is 0 Å². The number of phosphoric acid groups is 1. The summed E-state index contributed by atoms with van der Waals surface area (Å²) in [6.45, 7) is 9.90. The van der Waals surface area contributed by atoms with Gasteiger partial charge >= 0.3 is 0 Å². The van der Waals surface area contributed by atoms with Crippen molar-refractivity contribution in [2.24, 2.45) is 14.1 Å². The first-order valence-electron chi connectivity index (χ1n) is 8.87. The van der Waals surface area contributed by atoms with Gasteiger partial charge in [0.25, 0.3) is 0 Å². The van der Waals surface area contributed by atoms with E-state index in [1.165, 1.54) is 0 Å². The lowest BCUT2D eigenvalue weighted by Gasteiger charge is -2.32. The number of hydrogen-bond donors (Lipinski definition) is 0. The highest BCUT2D eigenvalue weighted by molar-refractivity contribution is 7.43. The fraction of sp³-hybridized carbons (Fsp3) is 0.647. The van der Waals surface area contributed by atoms with Crippen molar-refractivity contribution in [3.63, 3.8) is 0 Å². The van der Waals surface area contributed by atoms with Crippen LogP contribution < -0.4 is 18.9 Å². The second-order valence-electron chi connectivity index (χ2n) is 5.81. The van der Waals surface area contributed by atoms with Gasteiger partial charge in [-0.05, 0) is 26.7 Å². The summed E-state index contributed by atoms with van der Waals surface area (Å²) in [4.78, 5) is 20.0. The maximum atomic E-state index is 10.0. The van der Waals surface area contributed by atoms with Gasteiger partial charge in [0, 0.05) is 0 Å². The molecule has 0 saturated heterocycles. The minimum absolute atomic E-state index is 0.444. The molecule has 0 fully saturated rings. The standard InChI is InChI=1S/2C6H11N2.C5H13O4P/c2*1-3-8-5-4-7(2)6-8;1-3-5(4-2)9-10(6,7)8/h2*4-6H,3H2,1-2H3;5H,3-4H2,1-2H3,(H2,6,7,8)/q2*+1;/p-2. The molecule has 0 atom stereocenters. The number of imidazole rings is 2. The van der Waals surface area contributed by atoms with E-state index in [9.17, 15) is 14.4 Å². The van der Waals surface area contributed by atoms with E-state index < -0.39 is 13.9 Å². The minimum atomic E-state index is -4.75. The fourth-order valence-corrected chi connectivity index (χ4v) is 2.66. The monoisotopic (exact) mass is 388 g/mol. The smallest absolute Gasteiger partial charge is 0.243 e. The van der Waals surface area contributed by atoms with Crippen molar-refractivity contribution in [3.8, 4) is 0 Å². The van der Waals surface area contributed by atoms with Crippen LogP contribution in [0.15, 0.2) is 37.4 Å². The lowest BCUT2D eigenvalue weighted by molar-refractivity contribution is -0.671. The molecule has 0 aliphatic rings. The van der Waals surface area contributed by atoms with Crippen LogP contribution in [0, 0.1) is 0 Å². The zero-order chi connectivity index (χ0) is 20.2. The third-order valence-electron chi connectivity index (χ3n) is 3.57. The number of aromatic nitrogens is 4. The molecule has 9 heteroatoms. The summed E-state index contributed by atoms with van der Waals surface area (Å²) in [7, 11) is -0.715. The van der Waals surface area contributed by atoms with Crippen molar-refractivity contribution in [2.75, 3.05) is 0 Å². The van der Waals surface area contributed by atoms with Crippen LogP contribution in [-0.2, 0) is 36.3 Å². The minimum Gasteiger partial charge on any atom is -0.790 e. The van der Waals surface area contributed by atoms with Crippen molar-refractivity contribution in [1.82, 2.24) is 9.13 Å². The third-order valence-corrected chi connectivity index (χ3v) is 4.12. The zero-order valence-corrected chi connectivity index (χ0v) is 17.6. The van der Waals surface area contributed by atoms with E-state index in [-0.39, 0.29) is 0 Å². The zero-order valence-electron chi connectivity index (χ0n) is 16.7. The number of nitrogens with zero attached hydrogens (tertiary/aromatic N) is 4. The van der Waals surface area contributed by atoms with Crippen LogP contribution in [-0.4, -0.2) is 15.2 Å². The summed E-state index contributed by atoms with van der Waals surface area (Å²) in [5, 5.41) is 0. The van der Waals surface area contributed by atoms with E-state index in [2.05, 4.69) is 52.6 Å². The first-order valence-corrected chi connectivity index (χ1v) is 10.3. The van der Waals surface area contributed by atoms with Gasteiger partial charge in [0.2, 0.25) is 12.7 Å². The summed E-state index contributed by atoms with van der Waals surface area (Å²) in [5.41, 5.74) is 0. The van der Waals surface area contributed by atoms with E-state index in [1.54, 1.807) is 13.8 Å². The Morgan fingerprint density at radius 2 is 1.31 bits per heavy atom. The Morgan fingerprint density at radius 1 is 0.923 bits per heavy atom. The molecule has 2 aromatic rings. The van der Waals surface area contributed by atoms with E-state index in [0.29, 0.717) is 12.8 Å². The van der Waals surface area contributed by atoms with Crippen LogP contribution in [0.1, 0.15) is 40.5 Å². The fourth-order valence-electron chi connectivity index (χ4n) is 2.00. The maximum Gasteiger partial charge on any atom is 0.243 e. The molecule has 0 amide bonds. The van der Waals surface area contributed by atoms with Crippen molar-refractivity contribution >= 4 is 7.82 Å². The molecular weight excluding hydrogens is 355 g/mol. The largest absolute Gasteiger partial charge is 0.790 e. The molecule has 0 bridgehead atoms. The lowest BCUT2D eigenvalue weighted by atomic mass is 10.2. The molecule has 8 nitrogen and oxygen atoms in total. The van der Waals surface area contributed by atoms with Crippen LogP contribution in [0.4, 0.5) is 0 Å². The van der Waals surface area contributed by atoms with Gasteiger partial charge in [-0.3, -0.25) is 0 Å². The second-order valence-corrected chi connectivity index (χ2v) is 6.92. The summed E-state index contributed by atoms with van der Waals surface area (Å²) in [6, 6.07) is 0. The van der Waals surface area contributed by atoms with Gasteiger partial charge in [-0.2, -0.15) is 0 Å². The molecule has 2 rings (SSSR count). The Kier molecular flexibility index (Phi) is 12.1. The van der Waals surface area contributed by atoms with Crippen LogP contribution >= 0.6 is 7.82 Å². The Hall–Kier alpha value is -1.47. The van der Waals surface area contributed by atoms with Crippen molar-refractivity contribution < 1.29 is 28.0 Å². The summed E-state index contributed by atoms with van der Waals surface area (Å²) < 4.78 is 22.5. The van der Waals surface area contributed by atoms with Crippen LogP contribution in [0.5, 0.6) is 0 Å². The molecule has 0 aliphatic carbocycles. The van der Waals surface area contributed by atoms with E-state index >= 15 is 0 Å². The summed E-state index contributed by atoms with van der Waals surface area (Å²) in [5.74, 6) is 0. The predicted octanol–water partition coefficient (Wildman–Crippen LogP) is 0.685. The van der Waals surface area contributed by atoms with Gasteiger partial charge in [-0.15, -0.1) is 0 Å². The Morgan fingerprint density at radius 3 is 1.42 bits per heavy atom. The van der Waals surface area contributed by atoms with Crippen molar-refractivity contribution in [1.29, 1.82) is 0 Å². The molecule has 2 heterocycles. The molecule has 0 unspecified atom stereocenters. The molecule has 0 radical (unpaired) electrons. The Balaban J connectivity index is 0.000000363. The predicted molar refractivity (Wildman–Crippen MR) is 95.6 cm³/mol. The SMILES string of the molecule is CCC(CC)OP(=O)([O-])[O-].CCn1cc[n+](C)c1.CCn1cc[n+](C)c1. The number of hydrogen-bond acceptors (Lipinski definition) is 4.